The molecule has 0 radical (unpaired) electrons. The number of hydrogen-bond donors (Lipinski definition) is 3. The lowest BCUT2D eigenvalue weighted by atomic mass is 9.85. The molecular weight excluding hydrogens is 438 g/mol. The van der Waals surface area contributed by atoms with Gasteiger partial charge in [-0.2, -0.15) is 0 Å². The number of nitrogens with one attached hydrogen (secondary N) is 2. The number of aliphatic hydroxyl groups is 1. The molecule has 1 amide bonds. The molecule has 1 aliphatic rings. The smallest absolute Gasteiger partial charge is 0.326 e. The van der Waals surface area contributed by atoms with Gasteiger partial charge in [-0.05, 0) is 56.5 Å². The van der Waals surface area contributed by atoms with E-state index in [1.54, 1.807) is 17.7 Å². The van der Waals surface area contributed by atoms with Crippen LogP contribution in [0, 0.1) is 11.6 Å². The molecule has 174 valence electrons. The number of carbonyl (C=O) groups is 1. The maximum Gasteiger partial charge on any atom is 0.326 e. The van der Waals surface area contributed by atoms with Crippen LogP contribution in [-0.4, -0.2) is 51.3 Å². The molecule has 0 atom stereocenters. The molecule has 0 unspecified atom stereocenters. The number of aryl methyl sites for hydroxylation is 1. The lowest BCUT2D eigenvalue weighted by Crippen LogP contribution is -2.46. The number of carbonyl (C=O) groups excluding carboxylic acids is 1. The minimum Gasteiger partial charge on any atom is -0.389 e. The number of H-pyrrole nitrogens is 1. The minimum atomic E-state index is -0.831. The van der Waals surface area contributed by atoms with Gasteiger partial charge in [0, 0.05) is 38.5 Å². The van der Waals surface area contributed by atoms with Crippen molar-refractivity contribution in [2.75, 3.05) is 25.0 Å². The third-order valence-electron chi connectivity index (χ3n) is 6.45. The summed E-state index contributed by atoms with van der Waals surface area (Å²) in [5.41, 5.74) is 2.79. The maximum atomic E-state index is 12.3. The first-order chi connectivity index (χ1) is 15.7. The molecule has 8 nitrogen and oxygen atoms in total. The van der Waals surface area contributed by atoms with Crippen molar-refractivity contribution in [3.63, 3.8) is 0 Å². The number of amides is 1. The number of anilines is 1. The van der Waals surface area contributed by atoms with Crippen molar-refractivity contribution in [3.8, 4) is 0 Å². The predicted octanol–water partition coefficient (Wildman–Crippen LogP) is 2.72. The average Bonchev–Trinajstić information content (AvgIpc) is 2.79. The van der Waals surface area contributed by atoms with Gasteiger partial charge >= 0.3 is 5.69 Å². The largest absolute Gasteiger partial charge is 0.389 e. The third-order valence-corrected chi connectivity index (χ3v) is 6.89. The lowest BCUT2D eigenvalue weighted by molar-refractivity contribution is 0.0165. The van der Waals surface area contributed by atoms with Crippen LogP contribution in [0.3, 0.4) is 0 Å². The highest BCUT2D eigenvalue weighted by molar-refractivity contribution is 7.71. The number of aromatic nitrogens is 3. The predicted molar refractivity (Wildman–Crippen MR) is 132 cm³/mol. The average molecular weight is 468 g/mol. The molecule has 3 heterocycles. The molecule has 3 aromatic rings. The summed E-state index contributed by atoms with van der Waals surface area (Å²) >= 11 is 5.47. The number of benzene rings is 1. The number of fused-ring (bicyclic) bond motifs is 1. The van der Waals surface area contributed by atoms with Crippen LogP contribution in [0.1, 0.15) is 41.5 Å². The van der Waals surface area contributed by atoms with Crippen LogP contribution in [0.5, 0.6) is 0 Å². The van der Waals surface area contributed by atoms with Gasteiger partial charge in [0.25, 0.3) is 5.91 Å². The Morgan fingerprint density at radius 2 is 2.00 bits per heavy atom. The summed E-state index contributed by atoms with van der Waals surface area (Å²) in [7, 11) is 1.59. The zero-order valence-electron chi connectivity index (χ0n) is 19.1. The van der Waals surface area contributed by atoms with Gasteiger partial charge in [-0.3, -0.25) is 9.36 Å². The van der Waals surface area contributed by atoms with Crippen molar-refractivity contribution in [2.24, 2.45) is 0 Å². The molecule has 0 saturated carbocycles. The Morgan fingerprint density at radius 1 is 1.27 bits per heavy atom. The topological polar surface area (TPSA) is 103 Å². The van der Waals surface area contributed by atoms with Gasteiger partial charge in [0.05, 0.1) is 22.5 Å². The van der Waals surface area contributed by atoms with Gasteiger partial charge in [0.2, 0.25) is 0 Å². The summed E-state index contributed by atoms with van der Waals surface area (Å²) in [6.45, 7) is 5.69. The number of aromatic amines is 1. The number of piperidine rings is 1. The number of pyridine rings is 1. The Kier molecular flexibility index (Phi) is 6.36. The van der Waals surface area contributed by atoms with Crippen LogP contribution >= 0.6 is 12.2 Å². The van der Waals surface area contributed by atoms with Crippen molar-refractivity contribution in [1.82, 2.24) is 19.9 Å². The molecule has 3 N–H and O–H groups in total. The van der Waals surface area contributed by atoms with Crippen LogP contribution < -0.4 is 15.9 Å². The number of rotatable bonds is 5. The minimum absolute atomic E-state index is 0.206. The van der Waals surface area contributed by atoms with Gasteiger partial charge in [-0.25, -0.2) is 9.78 Å². The zero-order chi connectivity index (χ0) is 23.8. The summed E-state index contributed by atoms with van der Waals surface area (Å²) < 4.78 is 2.07. The second-order valence-electron chi connectivity index (χ2n) is 8.63. The Bertz CT molecular complexity index is 1320. The molecule has 0 aliphatic carbocycles. The van der Waals surface area contributed by atoms with Crippen LogP contribution in [-0.2, 0) is 13.0 Å². The summed E-state index contributed by atoms with van der Waals surface area (Å²) in [6.07, 6.45) is 1.71. The van der Waals surface area contributed by atoms with E-state index in [1.165, 1.54) is 0 Å². The van der Waals surface area contributed by atoms with Crippen LogP contribution in [0.2, 0.25) is 0 Å². The summed E-state index contributed by atoms with van der Waals surface area (Å²) in [6, 6.07) is 9.48. The number of nitrogens with zero attached hydrogens (tertiary/aromatic N) is 3. The van der Waals surface area contributed by atoms with E-state index in [1.807, 2.05) is 38.1 Å². The fraction of sp³-hybridized carbons (Fsp3) is 0.417. The molecule has 9 heteroatoms. The molecule has 1 aliphatic heterocycles. The van der Waals surface area contributed by atoms with E-state index in [-0.39, 0.29) is 11.6 Å². The van der Waals surface area contributed by atoms with Crippen molar-refractivity contribution < 1.29 is 9.90 Å². The maximum absolute atomic E-state index is 12.3. The van der Waals surface area contributed by atoms with Gasteiger partial charge < -0.3 is 20.3 Å². The van der Waals surface area contributed by atoms with E-state index >= 15 is 0 Å². The molecule has 4 rings (SSSR count). The first kappa shape index (κ1) is 23.1. The van der Waals surface area contributed by atoms with E-state index in [9.17, 15) is 14.7 Å². The normalized spacial score (nSPS) is 15.6. The molecule has 0 bridgehead atoms. The molecular formula is C24H29N5O3S. The van der Waals surface area contributed by atoms with Gasteiger partial charge in [-0.1, -0.05) is 18.3 Å². The van der Waals surface area contributed by atoms with E-state index < -0.39 is 5.60 Å². The highest BCUT2D eigenvalue weighted by Gasteiger charge is 2.33. The van der Waals surface area contributed by atoms with E-state index in [0.29, 0.717) is 54.7 Å². The molecule has 2 aromatic heterocycles. The second-order valence-corrected chi connectivity index (χ2v) is 9.01. The van der Waals surface area contributed by atoms with Gasteiger partial charge in [0.1, 0.15) is 10.3 Å². The summed E-state index contributed by atoms with van der Waals surface area (Å²) in [5, 5.41) is 14.7. The van der Waals surface area contributed by atoms with E-state index in [0.717, 1.165) is 22.3 Å². The first-order valence-corrected chi connectivity index (χ1v) is 11.6. The quantitative estimate of drug-likeness (QED) is 0.499. The Labute approximate surface area is 197 Å². The molecule has 1 aromatic carbocycles. The fourth-order valence-electron chi connectivity index (χ4n) is 4.56. The molecule has 0 spiro atoms. The van der Waals surface area contributed by atoms with Crippen LogP contribution in [0.25, 0.3) is 10.9 Å². The fourth-order valence-corrected chi connectivity index (χ4v) is 4.95. The highest BCUT2D eigenvalue weighted by Crippen LogP contribution is 2.31. The Morgan fingerprint density at radius 3 is 2.64 bits per heavy atom. The van der Waals surface area contributed by atoms with E-state index in [4.69, 9.17) is 12.2 Å². The zero-order valence-corrected chi connectivity index (χ0v) is 20.0. The van der Waals surface area contributed by atoms with Crippen LogP contribution in [0.15, 0.2) is 35.1 Å². The van der Waals surface area contributed by atoms with E-state index in [2.05, 4.69) is 20.2 Å². The van der Waals surface area contributed by atoms with Gasteiger partial charge in [0.15, 0.2) is 0 Å². The third kappa shape index (κ3) is 4.56. The van der Waals surface area contributed by atoms with Gasteiger partial charge in [-0.15, -0.1) is 0 Å². The Hall–Kier alpha value is -3.04. The van der Waals surface area contributed by atoms with Crippen molar-refractivity contribution >= 4 is 34.7 Å². The second kappa shape index (κ2) is 9.07. The molecule has 1 saturated heterocycles. The van der Waals surface area contributed by atoms with Crippen molar-refractivity contribution in [2.45, 2.75) is 45.3 Å². The Balaban J connectivity index is 1.49. The number of hydrogen-bond acceptors (Lipinski definition) is 6. The lowest BCUT2D eigenvalue weighted by Gasteiger charge is -2.40. The highest BCUT2D eigenvalue weighted by atomic mass is 32.1. The molecule has 33 heavy (non-hydrogen) atoms. The SMILES string of the molecule is CCn1c(=O)[nH]c2cc(CC3(O)CCN(c4ccc(C(=O)NC)nc4C)CC3)ccc2c1=S. The first-order valence-electron chi connectivity index (χ1n) is 11.2. The monoisotopic (exact) mass is 467 g/mol. The van der Waals surface area contributed by atoms with Crippen LogP contribution in [0.4, 0.5) is 5.69 Å². The standard InChI is InChI=1S/C24H29N5O3S/c1-4-29-22(33)17-6-5-16(13-19(17)27-23(29)31)14-24(32)9-11-28(12-10-24)20-8-7-18(21(30)25-3)26-15(20)2/h5-8,13,32H,4,9-12,14H2,1-3H3,(H,25,30)(H,27,31). The molecule has 1 fully saturated rings. The summed E-state index contributed by atoms with van der Waals surface area (Å²) in [5.74, 6) is -0.206. The summed E-state index contributed by atoms with van der Waals surface area (Å²) in [4.78, 5) is 33.6. The van der Waals surface area contributed by atoms with Crippen molar-refractivity contribution in [1.29, 1.82) is 0 Å². The van der Waals surface area contributed by atoms with Crippen molar-refractivity contribution in [3.05, 3.63) is 62.4 Å².